The molecule has 1 aliphatic rings. The lowest BCUT2D eigenvalue weighted by Gasteiger charge is -2.22. The Morgan fingerprint density at radius 3 is 2.54 bits per heavy atom. The van der Waals surface area contributed by atoms with E-state index >= 15 is 0 Å². The molecule has 0 saturated carbocycles. The van der Waals surface area contributed by atoms with Crippen LogP contribution in [0.2, 0.25) is 0 Å². The van der Waals surface area contributed by atoms with Gasteiger partial charge in [-0.2, -0.15) is 0 Å². The molecule has 5 heteroatoms. The van der Waals surface area contributed by atoms with Crippen LogP contribution < -0.4 is 16.2 Å². The standard InChI is InChI=1S/C23H21N3OS/c1-14-8-10-18(15(2)12-14)23(27)26-25-16(3)17-9-11-22-20(13-17)24-19-6-4-5-7-21(19)28-22/h4-13,24-25H,3H2,1-2H3,(H,26,27). The number of carbonyl (C=O) groups is 1. The molecule has 0 bridgehead atoms. The molecule has 1 heterocycles. The molecule has 0 spiro atoms. The second-order valence-electron chi connectivity index (χ2n) is 6.81. The van der Waals surface area contributed by atoms with Gasteiger partial charge < -0.3 is 5.32 Å². The zero-order chi connectivity index (χ0) is 19.7. The van der Waals surface area contributed by atoms with Crippen molar-refractivity contribution < 1.29 is 4.79 Å². The highest BCUT2D eigenvalue weighted by molar-refractivity contribution is 7.99. The lowest BCUT2D eigenvalue weighted by atomic mass is 10.1. The molecule has 3 aromatic carbocycles. The lowest BCUT2D eigenvalue weighted by molar-refractivity contribution is 0.0942. The van der Waals surface area contributed by atoms with Gasteiger partial charge in [0.05, 0.1) is 17.1 Å². The zero-order valence-corrected chi connectivity index (χ0v) is 16.6. The predicted molar refractivity (Wildman–Crippen MR) is 116 cm³/mol. The molecule has 4 nitrogen and oxygen atoms in total. The Kier molecular flexibility index (Phi) is 4.84. The van der Waals surface area contributed by atoms with E-state index in [4.69, 9.17) is 0 Å². The van der Waals surface area contributed by atoms with Crippen LogP contribution >= 0.6 is 11.8 Å². The number of nitrogens with one attached hydrogen (secondary N) is 3. The van der Waals surface area contributed by atoms with E-state index in [9.17, 15) is 4.79 Å². The summed E-state index contributed by atoms with van der Waals surface area (Å²) >= 11 is 1.74. The normalized spacial score (nSPS) is 11.6. The molecular weight excluding hydrogens is 366 g/mol. The number of hydrogen-bond donors (Lipinski definition) is 3. The van der Waals surface area contributed by atoms with Crippen LogP contribution in [-0.4, -0.2) is 5.91 Å². The summed E-state index contributed by atoms with van der Waals surface area (Å²) in [5, 5.41) is 3.46. The van der Waals surface area contributed by atoms with Gasteiger partial charge in [0.1, 0.15) is 0 Å². The van der Waals surface area contributed by atoms with Crippen molar-refractivity contribution in [2.45, 2.75) is 23.6 Å². The van der Waals surface area contributed by atoms with Gasteiger partial charge >= 0.3 is 0 Å². The van der Waals surface area contributed by atoms with Crippen LogP contribution in [0.1, 0.15) is 27.0 Å². The monoisotopic (exact) mass is 387 g/mol. The van der Waals surface area contributed by atoms with Crippen LogP contribution in [0.15, 0.2) is 77.0 Å². The van der Waals surface area contributed by atoms with Gasteiger partial charge in [0.2, 0.25) is 0 Å². The zero-order valence-electron chi connectivity index (χ0n) is 15.8. The van der Waals surface area contributed by atoms with Crippen LogP contribution in [-0.2, 0) is 0 Å². The molecule has 1 amide bonds. The number of hydrogen-bond acceptors (Lipinski definition) is 4. The summed E-state index contributed by atoms with van der Waals surface area (Å²) in [7, 11) is 0. The van der Waals surface area contributed by atoms with E-state index in [1.807, 2.05) is 56.3 Å². The number of para-hydroxylation sites is 1. The first-order valence-corrected chi connectivity index (χ1v) is 9.84. The second kappa shape index (κ2) is 7.44. The van der Waals surface area contributed by atoms with Gasteiger partial charge in [-0.1, -0.05) is 54.2 Å². The van der Waals surface area contributed by atoms with Crippen LogP contribution in [0.4, 0.5) is 11.4 Å². The summed E-state index contributed by atoms with van der Waals surface area (Å²) in [5.74, 6) is -0.181. The van der Waals surface area contributed by atoms with E-state index in [-0.39, 0.29) is 5.91 Å². The van der Waals surface area contributed by atoms with Gasteiger partial charge in [-0.25, -0.2) is 0 Å². The molecule has 3 aromatic rings. The Hall–Kier alpha value is -3.18. The lowest BCUT2D eigenvalue weighted by Crippen LogP contribution is -2.36. The van der Waals surface area contributed by atoms with Crippen molar-refractivity contribution in [1.29, 1.82) is 0 Å². The molecule has 0 fully saturated rings. The molecule has 3 N–H and O–H groups in total. The fourth-order valence-electron chi connectivity index (χ4n) is 3.17. The van der Waals surface area contributed by atoms with Crippen molar-refractivity contribution >= 4 is 34.7 Å². The molecule has 0 saturated heterocycles. The summed E-state index contributed by atoms with van der Waals surface area (Å²) in [6.45, 7) is 8.00. The molecule has 4 rings (SSSR count). The van der Waals surface area contributed by atoms with Crippen LogP contribution in [0.3, 0.4) is 0 Å². The molecular formula is C23H21N3OS. The quantitative estimate of drug-likeness (QED) is 0.410. The summed E-state index contributed by atoms with van der Waals surface area (Å²) in [6, 6.07) is 20.1. The maximum absolute atomic E-state index is 12.5. The highest BCUT2D eigenvalue weighted by atomic mass is 32.2. The number of fused-ring (bicyclic) bond motifs is 2. The summed E-state index contributed by atoms with van der Waals surface area (Å²) < 4.78 is 0. The van der Waals surface area contributed by atoms with Crippen LogP contribution in [0.5, 0.6) is 0 Å². The molecule has 140 valence electrons. The number of amides is 1. The van der Waals surface area contributed by atoms with Gasteiger partial charge in [-0.05, 0) is 49.7 Å². The third-order valence-corrected chi connectivity index (χ3v) is 5.81. The van der Waals surface area contributed by atoms with Gasteiger partial charge in [0, 0.05) is 20.9 Å². The van der Waals surface area contributed by atoms with E-state index in [1.165, 1.54) is 4.90 Å². The van der Waals surface area contributed by atoms with Crippen molar-refractivity contribution in [3.05, 3.63) is 89.5 Å². The third-order valence-electron chi connectivity index (χ3n) is 4.66. The van der Waals surface area contributed by atoms with E-state index in [0.29, 0.717) is 11.3 Å². The van der Waals surface area contributed by atoms with Gasteiger partial charge in [-0.15, -0.1) is 0 Å². The van der Waals surface area contributed by atoms with E-state index < -0.39 is 0 Å². The fourth-order valence-corrected chi connectivity index (χ4v) is 4.14. The number of aryl methyl sites for hydroxylation is 2. The maximum atomic E-state index is 12.5. The van der Waals surface area contributed by atoms with E-state index in [0.717, 1.165) is 33.0 Å². The summed E-state index contributed by atoms with van der Waals surface area (Å²) in [6.07, 6.45) is 0. The minimum atomic E-state index is -0.181. The molecule has 0 atom stereocenters. The first kappa shape index (κ1) is 18.2. The largest absolute Gasteiger partial charge is 0.354 e. The van der Waals surface area contributed by atoms with Gasteiger partial charge in [-0.3, -0.25) is 15.6 Å². The topological polar surface area (TPSA) is 53.2 Å². The predicted octanol–water partition coefficient (Wildman–Crippen LogP) is 5.42. The number of anilines is 2. The second-order valence-corrected chi connectivity index (χ2v) is 7.89. The molecule has 28 heavy (non-hydrogen) atoms. The number of carbonyl (C=O) groups excluding carboxylic acids is 1. The van der Waals surface area contributed by atoms with Gasteiger partial charge in [0.25, 0.3) is 5.91 Å². The Morgan fingerprint density at radius 1 is 0.929 bits per heavy atom. The summed E-state index contributed by atoms with van der Waals surface area (Å²) in [5.41, 5.74) is 12.1. The summed E-state index contributed by atoms with van der Waals surface area (Å²) in [4.78, 5) is 14.8. The average Bonchev–Trinajstić information content (AvgIpc) is 2.69. The van der Waals surface area contributed by atoms with Crippen molar-refractivity contribution in [3.63, 3.8) is 0 Å². The van der Waals surface area contributed by atoms with Crippen molar-refractivity contribution in [2.24, 2.45) is 0 Å². The molecule has 0 aromatic heterocycles. The van der Waals surface area contributed by atoms with E-state index in [2.05, 4.69) is 40.9 Å². The SMILES string of the molecule is C=C(NNC(=O)c1ccc(C)cc1C)c1ccc2c(c1)Nc1ccccc1S2. The van der Waals surface area contributed by atoms with Crippen molar-refractivity contribution in [1.82, 2.24) is 10.9 Å². The van der Waals surface area contributed by atoms with Crippen molar-refractivity contribution in [3.8, 4) is 0 Å². The molecule has 0 aliphatic carbocycles. The van der Waals surface area contributed by atoms with E-state index in [1.54, 1.807) is 11.8 Å². The molecule has 0 radical (unpaired) electrons. The smallest absolute Gasteiger partial charge is 0.269 e. The Morgan fingerprint density at radius 2 is 1.71 bits per heavy atom. The fraction of sp³-hybridized carbons (Fsp3) is 0.0870. The highest BCUT2D eigenvalue weighted by Crippen LogP contribution is 2.44. The number of rotatable bonds is 4. The minimum absolute atomic E-state index is 0.181. The minimum Gasteiger partial charge on any atom is -0.354 e. The number of hydrazine groups is 1. The number of benzene rings is 3. The highest BCUT2D eigenvalue weighted by Gasteiger charge is 2.16. The van der Waals surface area contributed by atoms with Gasteiger partial charge in [0.15, 0.2) is 0 Å². The average molecular weight is 388 g/mol. The maximum Gasteiger partial charge on any atom is 0.269 e. The first-order chi connectivity index (χ1) is 13.5. The first-order valence-electron chi connectivity index (χ1n) is 9.02. The Labute approximate surface area is 169 Å². The third kappa shape index (κ3) is 3.62. The van der Waals surface area contributed by atoms with Crippen LogP contribution in [0, 0.1) is 13.8 Å². The van der Waals surface area contributed by atoms with Crippen molar-refractivity contribution in [2.75, 3.05) is 5.32 Å². The Balaban J connectivity index is 1.45. The Bertz CT molecular complexity index is 1090. The molecule has 0 unspecified atom stereocenters. The van der Waals surface area contributed by atoms with Crippen LogP contribution in [0.25, 0.3) is 5.70 Å². The molecule has 1 aliphatic heterocycles.